The van der Waals surface area contributed by atoms with E-state index in [4.69, 9.17) is 0 Å². The van der Waals surface area contributed by atoms with E-state index in [9.17, 15) is 13.5 Å². The fourth-order valence-electron chi connectivity index (χ4n) is 2.51. The number of aliphatic hydroxyl groups is 1. The summed E-state index contributed by atoms with van der Waals surface area (Å²) in [5.41, 5.74) is 2.00. The molecule has 2 aromatic carbocycles. The Bertz CT molecular complexity index is 730. The van der Waals surface area contributed by atoms with Crippen molar-refractivity contribution in [3.63, 3.8) is 0 Å². The Morgan fingerprint density at radius 3 is 2.18 bits per heavy atom. The highest BCUT2D eigenvalue weighted by Crippen LogP contribution is 2.21. The minimum absolute atomic E-state index is 0.200. The lowest BCUT2D eigenvalue weighted by Crippen LogP contribution is -2.42. The number of hydrogen-bond acceptors (Lipinski definition) is 4. The van der Waals surface area contributed by atoms with Gasteiger partial charge in [0.05, 0.1) is 17.0 Å². The van der Waals surface area contributed by atoms with Crippen LogP contribution in [0, 0.1) is 0 Å². The van der Waals surface area contributed by atoms with Crippen LogP contribution in [0.4, 0.5) is 0 Å². The molecule has 0 radical (unpaired) electrons. The molecule has 0 aliphatic carbocycles. The van der Waals surface area contributed by atoms with Gasteiger partial charge in [-0.05, 0) is 23.3 Å². The average Bonchev–Trinajstić information content (AvgIpc) is 2.93. The molecule has 1 fully saturated rings. The molecule has 0 saturated carbocycles. The first-order chi connectivity index (χ1) is 10.6. The van der Waals surface area contributed by atoms with Gasteiger partial charge in [-0.3, -0.25) is 0 Å². The second-order valence-corrected chi connectivity index (χ2v) is 7.06. The number of rotatable bonds is 4. The standard InChI is InChI=1S/C16H18N2O3S/c19-16-11-17-10-15(16)18-22(20,21)14-8-6-13(7-9-14)12-4-2-1-3-5-12/h1-9,15-19H,10-11H2/t15-,16-/m0/s1. The van der Waals surface area contributed by atoms with Crippen molar-refractivity contribution in [3.8, 4) is 11.1 Å². The lowest BCUT2D eigenvalue weighted by molar-refractivity contribution is 0.173. The van der Waals surface area contributed by atoms with Gasteiger partial charge in [0, 0.05) is 13.1 Å². The van der Waals surface area contributed by atoms with Crippen molar-refractivity contribution in [2.75, 3.05) is 13.1 Å². The minimum Gasteiger partial charge on any atom is -0.390 e. The summed E-state index contributed by atoms with van der Waals surface area (Å²) < 4.78 is 27.2. The lowest BCUT2D eigenvalue weighted by Gasteiger charge is -2.15. The number of sulfonamides is 1. The third kappa shape index (κ3) is 3.20. The van der Waals surface area contributed by atoms with Gasteiger partial charge in [-0.2, -0.15) is 0 Å². The monoisotopic (exact) mass is 318 g/mol. The Labute approximate surface area is 130 Å². The predicted molar refractivity (Wildman–Crippen MR) is 84.9 cm³/mol. The molecule has 1 aliphatic rings. The van der Waals surface area contributed by atoms with E-state index in [1.54, 1.807) is 24.3 Å². The van der Waals surface area contributed by atoms with E-state index < -0.39 is 22.2 Å². The normalized spacial score (nSPS) is 21.9. The maximum absolute atomic E-state index is 12.3. The Kier molecular flexibility index (Phi) is 4.26. The molecule has 2 aromatic rings. The van der Waals surface area contributed by atoms with Gasteiger partial charge >= 0.3 is 0 Å². The molecule has 0 aromatic heterocycles. The summed E-state index contributed by atoms with van der Waals surface area (Å²) in [6, 6.07) is 16.0. The van der Waals surface area contributed by atoms with Crippen LogP contribution >= 0.6 is 0 Å². The van der Waals surface area contributed by atoms with Gasteiger partial charge in [0.25, 0.3) is 0 Å². The van der Waals surface area contributed by atoms with E-state index in [1.807, 2.05) is 30.3 Å². The molecule has 0 bridgehead atoms. The first-order valence-electron chi connectivity index (χ1n) is 7.13. The average molecular weight is 318 g/mol. The van der Waals surface area contributed by atoms with Crippen LogP contribution in [0.1, 0.15) is 0 Å². The highest BCUT2D eigenvalue weighted by molar-refractivity contribution is 7.89. The SMILES string of the molecule is O=S(=O)(N[C@H]1CNC[C@@H]1O)c1ccc(-c2ccccc2)cc1. The molecule has 116 valence electrons. The summed E-state index contributed by atoms with van der Waals surface area (Å²) in [4.78, 5) is 0.200. The molecule has 5 nitrogen and oxygen atoms in total. The maximum Gasteiger partial charge on any atom is 0.240 e. The molecule has 0 unspecified atom stereocenters. The summed E-state index contributed by atoms with van der Waals surface area (Å²) in [5.74, 6) is 0. The van der Waals surface area contributed by atoms with Crippen LogP contribution in [0.25, 0.3) is 11.1 Å². The third-order valence-corrected chi connectivity index (χ3v) is 5.27. The highest BCUT2D eigenvalue weighted by atomic mass is 32.2. The van der Waals surface area contributed by atoms with Gasteiger partial charge < -0.3 is 10.4 Å². The Hall–Kier alpha value is -1.73. The quantitative estimate of drug-likeness (QED) is 0.785. The zero-order valence-electron chi connectivity index (χ0n) is 11.9. The van der Waals surface area contributed by atoms with Crippen LogP contribution < -0.4 is 10.0 Å². The van der Waals surface area contributed by atoms with Crippen molar-refractivity contribution in [3.05, 3.63) is 54.6 Å². The summed E-state index contributed by atoms with van der Waals surface area (Å²) in [6.45, 7) is 0.836. The van der Waals surface area contributed by atoms with E-state index in [0.29, 0.717) is 13.1 Å². The van der Waals surface area contributed by atoms with Crippen LogP contribution in [0.15, 0.2) is 59.5 Å². The summed E-state index contributed by atoms with van der Waals surface area (Å²) in [6.07, 6.45) is -0.696. The number of β-amino-alcohol motifs (C(OH)–C–C–N with tert-alkyl or cyclic N) is 1. The highest BCUT2D eigenvalue weighted by Gasteiger charge is 2.29. The van der Waals surface area contributed by atoms with E-state index in [-0.39, 0.29) is 4.90 Å². The molecule has 1 aliphatic heterocycles. The molecule has 22 heavy (non-hydrogen) atoms. The summed E-state index contributed by atoms with van der Waals surface area (Å²) >= 11 is 0. The van der Waals surface area contributed by atoms with Gasteiger partial charge in [0.2, 0.25) is 10.0 Å². The predicted octanol–water partition coefficient (Wildman–Crippen LogP) is 0.965. The Morgan fingerprint density at radius 1 is 0.955 bits per heavy atom. The number of nitrogens with one attached hydrogen (secondary N) is 2. The molecule has 3 rings (SSSR count). The van der Waals surface area contributed by atoms with E-state index in [2.05, 4.69) is 10.0 Å². The van der Waals surface area contributed by atoms with Crippen molar-refractivity contribution in [1.82, 2.24) is 10.0 Å². The van der Waals surface area contributed by atoms with Crippen molar-refractivity contribution in [1.29, 1.82) is 0 Å². The molecule has 0 amide bonds. The molecule has 0 spiro atoms. The fraction of sp³-hybridized carbons (Fsp3) is 0.250. The van der Waals surface area contributed by atoms with Crippen molar-refractivity contribution in [2.24, 2.45) is 0 Å². The van der Waals surface area contributed by atoms with Gasteiger partial charge in [0.1, 0.15) is 0 Å². The molecule has 1 heterocycles. The van der Waals surface area contributed by atoms with Gasteiger partial charge in [0.15, 0.2) is 0 Å². The molecule has 2 atom stereocenters. The van der Waals surface area contributed by atoms with Gasteiger partial charge in [-0.25, -0.2) is 13.1 Å². The van der Waals surface area contributed by atoms with E-state index >= 15 is 0 Å². The molecular weight excluding hydrogens is 300 g/mol. The zero-order chi connectivity index (χ0) is 15.6. The van der Waals surface area contributed by atoms with Crippen LogP contribution in [-0.4, -0.2) is 38.8 Å². The molecular formula is C16H18N2O3S. The third-order valence-electron chi connectivity index (χ3n) is 3.76. The first kappa shape index (κ1) is 15.2. The largest absolute Gasteiger partial charge is 0.390 e. The number of aliphatic hydroxyl groups excluding tert-OH is 1. The molecule has 6 heteroatoms. The smallest absolute Gasteiger partial charge is 0.240 e. The second-order valence-electron chi connectivity index (χ2n) is 5.34. The first-order valence-corrected chi connectivity index (χ1v) is 8.61. The topological polar surface area (TPSA) is 78.4 Å². The summed E-state index contributed by atoms with van der Waals surface area (Å²) in [7, 11) is -3.63. The van der Waals surface area contributed by atoms with Crippen molar-refractivity contribution >= 4 is 10.0 Å². The fourth-order valence-corrected chi connectivity index (χ4v) is 3.78. The molecule has 1 saturated heterocycles. The van der Waals surface area contributed by atoms with Crippen molar-refractivity contribution < 1.29 is 13.5 Å². The number of hydrogen-bond donors (Lipinski definition) is 3. The minimum atomic E-state index is -3.63. The van der Waals surface area contributed by atoms with Crippen LogP contribution in [-0.2, 0) is 10.0 Å². The van der Waals surface area contributed by atoms with E-state index in [1.165, 1.54) is 0 Å². The Morgan fingerprint density at radius 2 is 1.59 bits per heavy atom. The van der Waals surface area contributed by atoms with Crippen LogP contribution in [0.2, 0.25) is 0 Å². The number of benzene rings is 2. The van der Waals surface area contributed by atoms with Gasteiger partial charge in [-0.1, -0.05) is 42.5 Å². The lowest BCUT2D eigenvalue weighted by atomic mass is 10.1. The Balaban J connectivity index is 1.80. The second kappa shape index (κ2) is 6.18. The van der Waals surface area contributed by atoms with Gasteiger partial charge in [-0.15, -0.1) is 0 Å². The van der Waals surface area contributed by atoms with Crippen molar-refractivity contribution in [2.45, 2.75) is 17.0 Å². The maximum atomic E-state index is 12.3. The van der Waals surface area contributed by atoms with Crippen LogP contribution in [0.3, 0.4) is 0 Å². The molecule has 3 N–H and O–H groups in total. The zero-order valence-corrected chi connectivity index (χ0v) is 12.8. The summed E-state index contributed by atoms with van der Waals surface area (Å²) in [5, 5.41) is 12.7. The van der Waals surface area contributed by atoms with E-state index in [0.717, 1.165) is 11.1 Å². The van der Waals surface area contributed by atoms with Crippen LogP contribution in [0.5, 0.6) is 0 Å².